The number of ketones is 1. The van der Waals surface area contributed by atoms with Gasteiger partial charge in [0.2, 0.25) is 10.0 Å². The van der Waals surface area contributed by atoms with Crippen molar-refractivity contribution in [3.8, 4) is 0 Å². The van der Waals surface area contributed by atoms with Crippen LogP contribution in [0, 0.1) is 20.8 Å². The number of hydrogen-bond donors (Lipinski definition) is 0. The van der Waals surface area contributed by atoms with E-state index in [0.29, 0.717) is 43.7 Å². The summed E-state index contributed by atoms with van der Waals surface area (Å²) >= 11 is 0. The maximum Gasteiger partial charge on any atom is 0.243 e. The van der Waals surface area contributed by atoms with E-state index < -0.39 is 10.0 Å². The van der Waals surface area contributed by atoms with Crippen molar-refractivity contribution in [2.24, 2.45) is 0 Å². The molecular weight excluding hydrogens is 386 g/mol. The average Bonchev–Trinajstić information content (AvgIpc) is 3.47. The molecule has 0 radical (unpaired) electrons. The first-order valence-corrected chi connectivity index (χ1v) is 11.7. The van der Waals surface area contributed by atoms with Gasteiger partial charge in [0.05, 0.1) is 11.4 Å². The molecule has 0 spiro atoms. The summed E-state index contributed by atoms with van der Waals surface area (Å²) in [5.41, 5.74) is 3.96. The second-order valence-electron chi connectivity index (χ2n) is 8.31. The summed E-state index contributed by atoms with van der Waals surface area (Å²) in [6.07, 6.45) is 2.39. The van der Waals surface area contributed by atoms with Gasteiger partial charge in [0.25, 0.3) is 0 Å². The van der Waals surface area contributed by atoms with E-state index in [1.54, 1.807) is 18.2 Å². The van der Waals surface area contributed by atoms with Gasteiger partial charge >= 0.3 is 0 Å². The van der Waals surface area contributed by atoms with Crippen molar-refractivity contribution >= 4 is 15.8 Å². The quantitative estimate of drug-likeness (QED) is 0.681. The van der Waals surface area contributed by atoms with E-state index in [2.05, 4.69) is 16.4 Å². The maximum atomic E-state index is 12.9. The zero-order valence-corrected chi connectivity index (χ0v) is 18.2. The number of piperazine rings is 1. The largest absolute Gasteiger partial charge is 0.345 e. The molecule has 2 aliphatic rings. The van der Waals surface area contributed by atoms with Gasteiger partial charge in [-0.05, 0) is 57.4 Å². The molecule has 6 nitrogen and oxygen atoms in total. The summed E-state index contributed by atoms with van der Waals surface area (Å²) in [5.74, 6) is 0.125. The topological polar surface area (TPSA) is 62.6 Å². The van der Waals surface area contributed by atoms with Crippen LogP contribution in [0.1, 0.15) is 46.2 Å². The standard InChI is InChI=1S/C22H29N3O3S/c1-16-5-4-6-20(13-16)29(27,28)24-11-9-23(10-12-24)15-22(26)21-14-17(2)25(18(21)3)19-7-8-19/h4-6,13-14,19H,7-12,15H2,1-3H3. The van der Waals surface area contributed by atoms with Gasteiger partial charge in [-0.3, -0.25) is 9.69 Å². The normalized spacial score (nSPS) is 18.9. The Hall–Kier alpha value is -1.96. The zero-order valence-electron chi connectivity index (χ0n) is 17.4. The van der Waals surface area contributed by atoms with Crippen LogP contribution in [0.2, 0.25) is 0 Å². The number of carbonyl (C=O) groups excluding carboxylic acids is 1. The molecule has 2 heterocycles. The Labute approximate surface area is 173 Å². The highest BCUT2D eigenvalue weighted by Crippen LogP contribution is 2.38. The fraction of sp³-hybridized carbons (Fsp3) is 0.500. The molecular formula is C22H29N3O3S. The van der Waals surface area contributed by atoms with Crippen LogP contribution in [0.4, 0.5) is 0 Å². The summed E-state index contributed by atoms with van der Waals surface area (Å²) in [4.78, 5) is 15.3. The number of benzene rings is 1. The van der Waals surface area contributed by atoms with Crippen LogP contribution in [0.25, 0.3) is 0 Å². The van der Waals surface area contributed by atoms with E-state index >= 15 is 0 Å². The molecule has 1 aliphatic heterocycles. The van der Waals surface area contributed by atoms with Crippen molar-refractivity contribution in [2.75, 3.05) is 32.7 Å². The second kappa shape index (κ2) is 7.70. The van der Waals surface area contributed by atoms with Crippen LogP contribution in [0.3, 0.4) is 0 Å². The van der Waals surface area contributed by atoms with Crippen LogP contribution in [-0.2, 0) is 10.0 Å². The fourth-order valence-corrected chi connectivity index (χ4v) is 5.82. The minimum Gasteiger partial charge on any atom is -0.345 e. The molecule has 0 N–H and O–H groups in total. The van der Waals surface area contributed by atoms with Crippen molar-refractivity contribution in [3.05, 3.63) is 52.8 Å². The Kier molecular flexibility index (Phi) is 5.40. The second-order valence-corrected chi connectivity index (χ2v) is 10.2. The summed E-state index contributed by atoms with van der Waals surface area (Å²) in [5, 5.41) is 0. The van der Waals surface area contributed by atoms with Crippen molar-refractivity contribution in [1.82, 2.24) is 13.8 Å². The fourth-order valence-electron chi connectivity index (χ4n) is 4.30. The molecule has 1 aromatic carbocycles. The van der Waals surface area contributed by atoms with Crippen LogP contribution in [0.5, 0.6) is 0 Å². The molecule has 29 heavy (non-hydrogen) atoms. The van der Waals surface area contributed by atoms with Gasteiger partial charge in [-0.1, -0.05) is 12.1 Å². The Morgan fingerprint density at radius 2 is 1.72 bits per heavy atom. The summed E-state index contributed by atoms with van der Waals surface area (Å²) in [7, 11) is -3.48. The van der Waals surface area contributed by atoms with Crippen molar-refractivity contribution < 1.29 is 13.2 Å². The van der Waals surface area contributed by atoms with Gasteiger partial charge in [-0.25, -0.2) is 8.42 Å². The third-order valence-corrected chi connectivity index (χ3v) is 7.92. The van der Waals surface area contributed by atoms with E-state index in [1.165, 1.54) is 17.1 Å². The molecule has 156 valence electrons. The molecule has 7 heteroatoms. The van der Waals surface area contributed by atoms with Gasteiger partial charge in [-0.15, -0.1) is 0 Å². The van der Waals surface area contributed by atoms with Crippen molar-refractivity contribution in [1.29, 1.82) is 0 Å². The third kappa shape index (κ3) is 4.04. The molecule has 1 aromatic heterocycles. The first kappa shape index (κ1) is 20.3. The van der Waals surface area contributed by atoms with E-state index in [0.717, 1.165) is 22.5 Å². The number of nitrogens with zero attached hydrogens (tertiary/aromatic N) is 3. The lowest BCUT2D eigenvalue weighted by atomic mass is 10.1. The van der Waals surface area contributed by atoms with E-state index in [-0.39, 0.29) is 5.78 Å². The number of aromatic nitrogens is 1. The van der Waals surface area contributed by atoms with Crippen molar-refractivity contribution in [3.63, 3.8) is 0 Å². The lowest BCUT2D eigenvalue weighted by Gasteiger charge is -2.33. The van der Waals surface area contributed by atoms with Crippen LogP contribution in [0.15, 0.2) is 35.2 Å². The lowest BCUT2D eigenvalue weighted by Crippen LogP contribution is -2.49. The first-order valence-electron chi connectivity index (χ1n) is 10.3. The highest BCUT2D eigenvalue weighted by Gasteiger charge is 2.31. The SMILES string of the molecule is Cc1cccc(S(=O)(=O)N2CCN(CC(=O)c3cc(C)n(C4CC4)c3C)CC2)c1. The maximum absolute atomic E-state index is 12.9. The number of hydrogen-bond acceptors (Lipinski definition) is 4. The Bertz CT molecular complexity index is 1030. The average molecular weight is 416 g/mol. The number of sulfonamides is 1. The van der Waals surface area contributed by atoms with Gasteiger partial charge in [0.1, 0.15) is 0 Å². The molecule has 2 aromatic rings. The zero-order chi connectivity index (χ0) is 20.8. The number of aryl methyl sites for hydroxylation is 2. The Morgan fingerprint density at radius 1 is 1.03 bits per heavy atom. The highest BCUT2D eigenvalue weighted by molar-refractivity contribution is 7.89. The molecule has 1 saturated heterocycles. The predicted octanol–water partition coefficient (Wildman–Crippen LogP) is 2.94. The molecule has 1 aliphatic carbocycles. The van der Waals surface area contributed by atoms with E-state index in [9.17, 15) is 13.2 Å². The smallest absolute Gasteiger partial charge is 0.243 e. The van der Waals surface area contributed by atoms with Crippen LogP contribution < -0.4 is 0 Å². The minimum atomic E-state index is -3.48. The monoisotopic (exact) mass is 415 g/mol. The van der Waals surface area contributed by atoms with Crippen LogP contribution in [-0.4, -0.2) is 60.7 Å². The molecule has 0 unspecified atom stereocenters. The minimum absolute atomic E-state index is 0.125. The van der Waals surface area contributed by atoms with E-state index in [4.69, 9.17) is 0 Å². The molecule has 1 saturated carbocycles. The van der Waals surface area contributed by atoms with Crippen molar-refractivity contribution in [2.45, 2.75) is 44.6 Å². The number of carbonyl (C=O) groups is 1. The van der Waals surface area contributed by atoms with Crippen LogP contribution >= 0.6 is 0 Å². The molecule has 2 fully saturated rings. The first-order chi connectivity index (χ1) is 13.8. The van der Waals surface area contributed by atoms with Gasteiger partial charge < -0.3 is 4.57 Å². The number of Topliss-reactive ketones (excluding diaryl/α,β-unsaturated/α-hetero) is 1. The van der Waals surface area contributed by atoms with Gasteiger partial charge in [-0.2, -0.15) is 4.31 Å². The summed E-state index contributed by atoms with van der Waals surface area (Å²) < 4.78 is 29.6. The Morgan fingerprint density at radius 3 is 2.34 bits per heavy atom. The number of rotatable bonds is 6. The predicted molar refractivity (Wildman–Crippen MR) is 113 cm³/mol. The summed E-state index contributed by atoms with van der Waals surface area (Å²) in [6.45, 7) is 8.28. The highest BCUT2D eigenvalue weighted by atomic mass is 32.2. The van der Waals surface area contributed by atoms with Gasteiger partial charge in [0.15, 0.2) is 5.78 Å². The third-order valence-electron chi connectivity index (χ3n) is 6.02. The molecule has 0 bridgehead atoms. The lowest BCUT2D eigenvalue weighted by molar-refractivity contribution is 0.0901. The Balaban J connectivity index is 1.39. The van der Waals surface area contributed by atoms with E-state index in [1.807, 2.05) is 26.0 Å². The molecule has 0 amide bonds. The molecule has 4 rings (SSSR count). The summed E-state index contributed by atoms with van der Waals surface area (Å²) in [6, 6.07) is 9.59. The molecule has 0 atom stereocenters. The van der Waals surface area contributed by atoms with Gasteiger partial charge in [0, 0.05) is 49.2 Å².